The van der Waals surface area contributed by atoms with Gasteiger partial charge in [0.1, 0.15) is 0 Å². The Labute approximate surface area is 103 Å². The second-order valence-corrected chi connectivity index (χ2v) is 3.88. The smallest absolute Gasteiger partial charge is 0.759 e. The molecule has 0 radical (unpaired) electrons. The van der Waals surface area contributed by atoms with Gasteiger partial charge in [-0.3, -0.25) is 8.42 Å². The summed E-state index contributed by atoms with van der Waals surface area (Å²) in [6.07, 6.45) is 2.20. The first kappa shape index (κ1) is 24.6. The summed E-state index contributed by atoms with van der Waals surface area (Å²) in [5.41, 5.74) is 11.1. The molecule has 0 saturated heterocycles. The molecular weight excluding hydrogens is 411 g/mol. The van der Waals surface area contributed by atoms with Crippen LogP contribution in [0.15, 0.2) is 0 Å². The van der Waals surface area contributed by atoms with Crippen LogP contribution in [0.5, 0.6) is 0 Å². The van der Waals surface area contributed by atoms with E-state index < -0.39 is 10.4 Å². The topological polar surface area (TPSA) is 195 Å². The fraction of sp³-hybridized carbons (Fsp3) is 1.00. The predicted molar refractivity (Wildman–Crippen MR) is 47.5 cm³/mol. The number of hydrogen-bond donors (Lipinski definition) is 2. The van der Waals surface area contributed by atoms with Gasteiger partial charge in [0, 0.05) is 22.0 Å². The summed E-state index contributed by atoms with van der Waals surface area (Å²) in [5, 5.41) is 0. The SMILES string of the molecule is C[C@@]1(N)CC[C@H]1N.O.O.O=S(=O)([O-])[O-].[Pt+2]. The van der Waals surface area contributed by atoms with E-state index in [2.05, 4.69) is 0 Å². The van der Waals surface area contributed by atoms with E-state index in [4.69, 9.17) is 29.0 Å². The van der Waals surface area contributed by atoms with Gasteiger partial charge in [0.05, 0.1) is 0 Å². The van der Waals surface area contributed by atoms with Crippen LogP contribution in [-0.4, -0.2) is 40.1 Å². The van der Waals surface area contributed by atoms with Gasteiger partial charge in [-0.25, -0.2) is 0 Å². The Morgan fingerprint density at radius 2 is 1.53 bits per heavy atom. The molecule has 1 rings (SSSR count). The average Bonchev–Trinajstić information content (AvgIpc) is 1.81. The van der Waals surface area contributed by atoms with Crippen LogP contribution in [-0.2, 0) is 31.5 Å². The van der Waals surface area contributed by atoms with Crippen molar-refractivity contribution in [3.63, 3.8) is 0 Å². The Bertz CT molecular complexity index is 236. The van der Waals surface area contributed by atoms with Crippen LogP contribution < -0.4 is 11.5 Å². The van der Waals surface area contributed by atoms with E-state index >= 15 is 0 Å². The summed E-state index contributed by atoms with van der Waals surface area (Å²) in [6.45, 7) is 2.00. The van der Waals surface area contributed by atoms with Crippen molar-refractivity contribution in [1.29, 1.82) is 0 Å². The molecule has 10 heteroatoms. The third-order valence-corrected chi connectivity index (χ3v) is 1.84. The number of rotatable bonds is 0. The van der Waals surface area contributed by atoms with Crippen molar-refractivity contribution < 1.29 is 49.5 Å². The zero-order chi connectivity index (χ0) is 9.99. The van der Waals surface area contributed by atoms with Gasteiger partial charge in [-0.2, -0.15) is 0 Å². The zero-order valence-corrected chi connectivity index (χ0v) is 11.1. The van der Waals surface area contributed by atoms with Gasteiger partial charge in [0.25, 0.3) is 0 Å². The molecule has 0 spiro atoms. The molecule has 1 aliphatic carbocycles. The molecule has 8 nitrogen and oxygen atoms in total. The van der Waals surface area contributed by atoms with Crippen molar-refractivity contribution in [2.45, 2.75) is 31.3 Å². The average molecular weight is 427 g/mol. The van der Waals surface area contributed by atoms with Crippen LogP contribution in [0.4, 0.5) is 0 Å². The first-order chi connectivity index (χ1) is 5.13. The van der Waals surface area contributed by atoms with Crippen LogP contribution in [0, 0.1) is 0 Å². The summed E-state index contributed by atoms with van der Waals surface area (Å²) in [6, 6.07) is 0.257. The minimum Gasteiger partial charge on any atom is -0.759 e. The molecule has 98 valence electrons. The Morgan fingerprint density at radius 3 is 1.53 bits per heavy atom. The molecule has 1 fully saturated rings. The summed E-state index contributed by atoms with van der Waals surface area (Å²) < 4.78 is 34.1. The second kappa shape index (κ2) is 8.54. The van der Waals surface area contributed by atoms with Crippen molar-refractivity contribution in [1.82, 2.24) is 0 Å². The minimum absolute atomic E-state index is 0. The van der Waals surface area contributed by atoms with E-state index in [1.54, 1.807) is 0 Å². The summed E-state index contributed by atoms with van der Waals surface area (Å²) in [7, 11) is -5.17. The van der Waals surface area contributed by atoms with Crippen molar-refractivity contribution in [2.75, 3.05) is 0 Å². The monoisotopic (exact) mass is 427 g/mol. The summed E-state index contributed by atoms with van der Waals surface area (Å²) in [5.74, 6) is 0. The molecule has 0 bridgehead atoms. The van der Waals surface area contributed by atoms with Crippen molar-refractivity contribution in [3.05, 3.63) is 0 Å². The zero-order valence-electron chi connectivity index (χ0n) is 8.00. The molecule has 0 heterocycles. The maximum Gasteiger partial charge on any atom is 2.00 e. The molecule has 0 amide bonds. The van der Waals surface area contributed by atoms with E-state index in [1.807, 2.05) is 6.92 Å². The van der Waals surface area contributed by atoms with Crippen molar-refractivity contribution in [3.8, 4) is 0 Å². The molecule has 15 heavy (non-hydrogen) atoms. The number of hydrogen-bond acceptors (Lipinski definition) is 6. The quantitative estimate of drug-likeness (QED) is 0.302. The first-order valence-corrected chi connectivity index (χ1v) is 4.67. The van der Waals surface area contributed by atoms with Gasteiger partial charge in [-0.15, -0.1) is 0 Å². The van der Waals surface area contributed by atoms with Gasteiger partial charge >= 0.3 is 21.1 Å². The van der Waals surface area contributed by atoms with E-state index in [-0.39, 0.29) is 43.6 Å². The predicted octanol–water partition coefficient (Wildman–Crippen LogP) is -3.16. The Balaban J connectivity index is -0.0000000701. The second-order valence-electron chi connectivity index (χ2n) is 3.06. The molecular formula is C5H16N2O6PtS. The molecule has 0 unspecified atom stereocenters. The van der Waals surface area contributed by atoms with E-state index in [9.17, 15) is 0 Å². The molecule has 0 aromatic carbocycles. The third-order valence-electron chi connectivity index (χ3n) is 1.84. The van der Waals surface area contributed by atoms with Crippen molar-refractivity contribution >= 4 is 10.4 Å². The largest absolute Gasteiger partial charge is 2.00 e. The fourth-order valence-electron chi connectivity index (χ4n) is 0.766. The van der Waals surface area contributed by atoms with Crippen LogP contribution >= 0.6 is 0 Å². The molecule has 1 saturated carbocycles. The Kier molecular flexibility index (Phi) is 14.0. The normalized spacial score (nSPS) is 27.7. The van der Waals surface area contributed by atoms with Crippen LogP contribution in [0.3, 0.4) is 0 Å². The fourth-order valence-corrected chi connectivity index (χ4v) is 0.766. The molecule has 1 aliphatic rings. The van der Waals surface area contributed by atoms with Gasteiger partial charge in [0.15, 0.2) is 0 Å². The molecule has 0 aromatic rings. The minimum atomic E-state index is -5.17. The summed E-state index contributed by atoms with van der Waals surface area (Å²) in [4.78, 5) is 0. The molecule has 0 aromatic heterocycles. The van der Waals surface area contributed by atoms with Crippen molar-refractivity contribution in [2.24, 2.45) is 11.5 Å². The summed E-state index contributed by atoms with van der Waals surface area (Å²) >= 11 is 0. The Hall–Kier alpha value is 0.398. The van der Waals surface area contributed by atoms with Crippen LogP contribution in [0.1, 0.15) is 19.8 Å². The molecule has 8 N–H and O–H groups in total. The standard InChI is InChI=1S/C5H12N2.H2O4S.2H2O.Pt/c1-5(7)3-2-4(5)6;1-5(2,3)4;;;/h4H,2-3,6-7H2,1H3;(H2,1,2,3,4);2*1H2;/q;;;;+2/p-2/t4-,5-;;;;/m1..../s1. The molecule has 0 aliphatic heterocycles. The Morgan fingerprint density at radius 1 is 1.33 bits per heavy atom. The van der Waals surface area contributed by atoms with Gasteiger partial charge in [-0.05, 0) is 19.8 Å². The van der Waals surface area contributed by atoms with Gasteiger partial charge in [-0.1, -0.05) is 0 Å². The third kappa shape index (κ3) is 14.4. The van der Waals surface area contributed by atoms with Gasteiger partial charge < -0.3 is 31.5 Å². The number of nitrogens with two attached hydrogens (primary N) is 2. The van der Waals surface area contributed by atoms with E-state index in [1.165, 1.54) is 0 Å². The maximum absolute atomic E-state index is 8.52. The van der Waals surface area contributed by atoms with E-state index in [0.717, 1.165) is 12.8 Å². The van der Waals surface area contributed by atoms with Gasteiger partial charge in [0.2, 0.25) is 0 Å². The van der Waals surface area contributed by atoms with Crippen LogP contribution in [0.2, 0.25) is 0 Å². The molecule has 2 atom stereocenters. The van der Waals surface area contributed by atoms with E-state index in [0.29, 0.717) is 0 Å². The first-order valence-electron chi connectivity index (χ1n) is 3.34. The maximum atomic E-state index is 8.52. The van der Waals surface area contributed by atoms with Crippen LogP contribution in [0.25, 0.3) is 0 Å².